The molecule has 4 aliphatic carbocycles. The fraction of sp³-hybridized carbons (Fsp3) is 0.950. The summed E-state index contributed by atoms with van der Waals surface area (Å²) in [6, 6.07) is 0. The van der Waals surface area contributed by atoms with Gasteiger partial charge in [0.05, 0.1) is 6.10 Å². The van der Waals surface area contributed by atoms with Crippen molar-refractivity contribution in [1.82, 2.24) is 0 Å². The molecule has 4 rings (SSSR count). The van der Waals surface area contributed by atoms with Gasteiger partial charge in [0.1, 0.15) is 0 Å². The first kappa shape index (κ1) is 15.9. The monoisotopic (exact) mass is 320 g/mol. The zero-order chi connectivity index (χ0) is 16.1. The fourth-order valence-electron chi connectivity index (χ4n) is 6.59. The number of rotatable bonds is 6. The van der Waals surface area contributed by atoms with Gasteiger partial charge in [-0.15, -0.1) is 0 Å². The second-order valence-corrected chi connectivity index (χ2v) is 9.05. The molecule has 23 heavy (non-hydrogen) atoms. The molecular formula is C20H32O3. The van der Waals surface area contributed by atoms with Crippen LogP contribution in [0.4, 0.5) is 0 Å². The standard InChI is InChI=1S/C20H32O3/c1-11(2)4-7-18(21)23-12(3)22-17-10-15-9-16(17)20-14-6-5-13(8-14)19(15)20/h11-17,19-20H,4-10H2,1-3H3. The van der Waals surface area contributed by atoms with Crippen molar-refractivity contribution in [2.75, 3.05) is 0 Å². The molecule has 3 nitrogen and oxygen atoms in total. The van der Waals surface area contributed by atoms with E-state index in [1.54, 1.807) is 0 Å². The smallest absolute Gasteiger partial charge is 0.308 e. The second-order valence-electron chi connectivity index (χ2n) is 9.05. The minimum atomic E-state index is -0.379. The molecule has 3 heteroatoms. The van der Waals surface area contributed by atoms with Gasteiger partial charge in [0.2, 0.25) is 0 Å². The van der Waals surface area contributed by atoms with Crippen molar-refractivity contribution in [3.8, 4) is 0 Å². The van der Waals surface area contributed by atoms with Crippen LogP contribution in [0.2, 0.25) is 0 Å². The van der Waals surface area contributed by atoms with Crippen LogP contribution in [0.5, 0.6) is 0 Å². The van der Waals surface area contributed by atoms with Crippen molar-refractivity contribution in [3.05, 3.63) is 0 Å². The van der Waals surface area contributed by atoms with Crippen molar-refractivity contribution in [1.29, 1.82) is 0 Å². The Balaban J connectivity index is 1.28. The lowest BCUT2D eigenvalue weighted by molar-refractivity contribution is -0.193. The van der Waals surface area contributed by atoms with Gasteiger partial charge in [-0.25, -0.2) is 0 Å². The third-order valence-corrected chi connectivity index (χ3v) is 7.26. The van der Waals surface area contributed by atoms with Crippen molar-refractivity contribution >= 4 is 5.97 Å². The average molecular weight is 320 g/mol. The van der Waals surface area contributed by atoms with Crippen LogP contribution in [0.1, 0.15) is 65.7 Å². The SMILES string of the molecule is CC(C)CCC(=O)OC(C)OC1CC2CC1C1C3CCC(C3)C21. The van der Waals surface area contributed by atoms with Crippen molar-refractivity contribution < 1.29 is 14.3 Å². The Morgan fingerprint density at radius 3 is 2.48 bits per heavy atom. The molecule has 0 aromatic carbocycles. The topological polar surface area (TPSA) is 35.5 Å². The Kier molecular flexibility index (Phi) is 4.19. The molecule has 0 amide bonds. The number of esters is 1. The maximum Gasteiger partial charge on any atom is 0.308 e. The van der Waals surface area contributed by atoms with Gasteiger partial charge in [-0.3, -0.25) is 4.79 Å². The molecule has 4 fully saturated rings. The van der Waals surface area contributed by atoms with Crippen LogP contribution >= 0.6 is 0 Å². The molecule has 8 atom stereocenters. The van der Waals surface area contributed by atoms with Crippen molar-refractivity contribution in [2.45, 2.75) is 78.1 Å². The summed E-state index contributed by atoms with van der Waals surface area (Å²) >= 11 is 0. The van der Waals surface area contributed by atoms with Gasteiger partial charge < -0.3 is 9.47 Å². The van der Waals surface area contributed by atoms with Crippen molar-refractivity contribution in [3.63, 3.8) is 0 Å². The number of carbonyl (C=O) groups excluding carboxylic acids is 1. The summed E-state index contributed by atoms with van der Waals surface area (Å²) in [5.74, 6) is 6.05. The molecule has 130 valence electrons. The predicted molar refractivity (Wildman–Crippen MR) is 88.5 cm³/mol. The Labute approximate surface area is 140 Å². The zero-order valence-electron chi connectivity index (χ0n) is 14.9. The Morgan fingerprint density at radius 1 is 1.00 bits per heavy atom. The number of ether oxygens (including phenoxy) is 2. The molecule has 0 saturated heterocycles. The molecular weight excluding hydrogens is 288 g/mol. The van der Waals surface area contributed by atoms with E-state index in [-0.39, 0.29) is 12.3 Å². The number of carbonyl (C=O) groups is 1. The van der Waals surface area contributed by atoms with Gasteiger partial charge in [-0.1, -0.05) is 13.8 Å². The van der Waals surface area contributed by atoms with E-state index in [2.05, 4.69) is 13.8 Å². The lowest BCUT2D eigenvalue weighted by Gasteiger charge is -2.39. The molecule has 0 radical (unpaired) electrons. The third kappa shape index (κ3) is 2.83. The maximum absolute atomic E-state index is 11.9. The highest BCUT2D eigenvalue weighted by molar-refractivity contribution is 5.69. The average Bonchev–Trinajstić information content (AvgIpc) is 3.22. The molecule has 0 aliphatic heterocycles. The first-order chi connectivity index (χ1) is 11.0. The molecule has 0 N–H and O–H groups in total. The lowest BCUT2D eigenvalue weighted by Crippen LogP contribution is -2.38. The van der Waals surface area contributed by atoms with Crippen LogP contribution in [0, 0.1) is 41.4 Å². The summed E-state index contributed by atoms with van der Waals surface area (Å²) in [5.41, 5.74) is 0. The lowest BCUT2D eigenvalue weighted by atomic mass is 9.70. The van der Waals surface area contributed by atoms with E-state index in [4.69, 9.17) is 9.47 Å². The van der Waals surface area contributed by atoms with Crippen LogP contribution < -0.4 is 0 Å². The summed E-state index contributed by atoms with van der Waals surface area (Å²) in [6.07, 6.45) is 8.40. The summed E-state index contributed by atoms with van der Waals surface area (Å²) in [6.45, 7) is 6.17. The van der Waals surface area contributed by atoms with Crippen LogP contribution in [0.25, 0.3) is 0 Å². The molecule has 4 saturated carbocycles. The van der Waals surface area contributed by atoms with E-state index in [1.165, 1.54) is 32.1 Å². The molecule has 0 aromatic heterocycles. The highest BCUT2D eigenvalue weighted by atomic mass is 16.7. The third-order valence-electron chi connectivity index (χ3n) is 7.26. The second kappa shape index (κ2) is 6.06. The van der Waals surface area contributed by atoms with Gasteiger partial charge in [-0.2, -0.15) is 0 Å². The largest absolute Gasteiger partial charge is 0.436 e. The van der Waals surface area contributed by atoms with Gasteiger partial charge in [0.25, 0.3) is 0 Å². The van der Waals surface area contributed by atoms with Crippen LogP contribution in [-0.4, -0.2) is 18.4 Å². The van der Waals surface area contributed by atoms with Crippen LogP contribution in [0.15, 0.2) is 0 Å². The van der Waals surface area contributed by atoms with Crippen molar-refractivity contribution in [2.24, 2.45) is 41.4 Å². The minimum Gasteiger partial charge on any atom is -0.436 e. The molecule has 8 unspecified atom stereocenters. The highest BCUT2D eigenvalue weighted by Crippen LogP contribution is 2.67. The Hall–Kier alpha value is -0.570. The molecule has 4 aliphatic rings. The first-order valence-corrected chi connectivity index (χ1v) is 9.88. The van der Waals surface area contributed by atoms with E-state index in [9.17, 15) is 4.79 Å². The first-order valence-electron chi connectivity index (χ1n) is 9.88. The maximum atomic E-state index is 11.9. The Bertz CT molecular complexity index is 460. The molecule has 4 bridgehead atoms. The summed E-state index contributed by atoms with van der Waals surface area (Å²) in [5, 5.41) is 0. The van der Waals surface area contributed by atoms with Gasteiger partial charge in [0, 0.05) is 6.42 Å². The normalized spacial score (nSPS) is 44.8. The molecule has 0 spiro atoms. The van der Waals surface area contributed by atoms with E-state index >= 15 is 0 Å². The quantitative estimate of drug-likeness (QED) is 0.413. The Morgan fingerprint density at radius 2 is 1.74 bits per heavy atom. The van der Waals surface area contributed by atoms with E-state index < -0.39 is 0 Å². The van der Waals surface area contributed by atoms with Gasteiger partial charge in [-0.05, 0) is 86.9 Å². The van der Waals surface area contributed by atoms with Crippen LogP contribution in [0.3, 0.4) is 0 Å². The number of fused-ring (bicyclic) bond motifs is 9. The van der Waals surface area contributed by atoms with E-state index in [0.717, 1.165) is 41.9 Å². The summed E-state index contributed by atoms with van der Waals surface area (Å²) in [7, 11) is 0. The molecule has 0 aromatic rings. The van der Waals surface area contributed by atoms with E-state index in [1.807, 2.05) is 6.92 Å². The summed E-state index contributed by atoms with van der Waals surface area (Å²) in [4.78, 5) is 11.9. The number of hydrogen-bond acceptors (Lipinski definition) is 3. The molecule has 0 heterocycles. The summed E-state index contributed by atoms with van der Waals surface area (Å²) < 4.78 is 11.7. The predicted octanol–water partition coefficient (Wildman–Crippen LogP) is 4.40. The fourth-order valence-corrected chi connectivity index (χ4v) is 6.59. The van der Waals surface area contributed by atoms with Gasteiger partial charge >= 0.3 is 5.97 Å². The highest BCUT2D eigenvalue weighted by Gasteiger charge is 2.62. The zero-order valence-corrected chi connectivity index (χ0v) is 14.9. The van der Waals surface area contributed by atoms with Crippen LogP contribution in [-0.2, 0) is 14.3 Å². The van der Waals surface area contributed by atoms with E-state index in [0.29, 0.717) is 18.4 Å². The minimum absolute atomic E-state index is 0.104. The van der Waals surface area contributed by atoms with Gasteiger partial charge in [0.15, 0.2) is 6.29 Å². The number of hydrogen-bond donors (Lipinski definition) is 0.